The van der Waals surface area contributed by atoms with Crippen LogP contribution in [0.2, 0.25) is 0 Å². The van der Waals surface area contributed by atoms with Crippen LogP contribution in [-0.2, 0) is 9.53 Å². The Kier molecular flexibility index (Phi) is 5.55. The normalized spacial score (nSPS) is 20.6. The minimum atomic E-state index is -0.190. The van der Waals surface area contributed by atoms with E-state index in [9.17, 15) is 9.59 Å². The zero-order valence-electron chi connectivity index (χ0n) is 14.7. The third kappa shape index (κ3) is 4.70. The van der Waals surface area contributed by atoms with Crippen molar-refractivity contribution in [2.24, 2.45) is 5.92 Å². The van der Waals surface area contributed by atoms with Crippen molar-refractivity contribution in [1.29, 1.82) is 0 Å². The van der Waals surface area contributed by atoms with Crippen molar-refractivity contribution in [3.05, 3.63) is 23.8 Å². The number of nitrogens with one attached hydrogen (secondary N) is 2. The lowest BCUT2D eigenvalue weighted by molar-refractivity contribution is -0.118. The second kappa shape index (κ2) is 7.84. The van der Waals surface area contributed by atoms with Crippen LogP contribution in [0.1, 0.15) is 24.2 Å². The van der Waals surface area contributed by atoms with E-state index in [1.54, 1.807) is 18.2 Å². The van der Waals surface area contributed by atoms with Gasteiger partial charge < -0.3 is 20.1 Å². The summed E-state index contributed by atoms with van der Waals surface area (Å²) in [5.74, 6) is 0.770. The largest absolute Gasteiger partial charge is 0.482 e. The first-order valence-corrected chi connectivity index (χ1v) is 8.70. The van der Waals surface area contributed by atoms with Crippen LogP contribution in [0, 0.1) is 5.92 Å². The molecule has 2 amide bonds. The van der Waals surface area contributed by atoms with E-state index < -0.39 is 0 Å². The van der Waals surface area contributed by atoms with Gasteiger partial charge >= 0.3 is 0 Å². The second-order valence-electron chi connectivity index (χ2n) is 6.90. The highest BCUT2D eigenvalue weighted by atomic mass is 16.5. The number of anilines is 1. The minimum absolute atomic E-state index is 0.00427. The first-order valence-electron chi connectivity index (χ1n) is 8.70. The zero-order chi connectivity index (χ0) is 17.8. The first kappa shape index (κ1) is 17.7. The fraction of sp³-hybridized carbons (Fsp3) is 0.556. The van der Waals surface area contributed by atoms with Crippen molar-refractivity contribution in [1.82, 2.24) is 10.2 Å². The number of rotatable bonds is 5. The highest BCUT2D eigenvalue weighted by Gasteiger charge is 2.22. The Hall–Kier alpha value is -2.12. The standard InChI is InChI=1S/C18H25N3O4/c1-12(2)9-21-5-6-24-14(10-21)8-19-18(23)13-3-4-15-16(7-13)25-11-17(22)20-15/h3-4,7,12,14H,5-6,8-11H2,1-2H3,(H,19,23)(H,20,22)/t14-/m1/s1. The molecule has 0 unspecified atom stereocenters. The molecule has 0 spiro atoms. The van der Waals surface area contributed by atoms with E-state index in [4.69, 9.17) is 9.47 Å². The summed E-state index contributed by atoms with van der Waals surface area (Å²) in [5.41, 5.74) is 1.09. The molecular formula is C18H25N3O4. The van der Waals surface area contributed by atoms with E-state index in [0.29, 0.717) is 36.1 Å². The van der Waals surface area contributed by atoms with Gasteiger partial charge in [-0.05, 0) is 24.1 Å². The van der Waals surface area contributed by atoms with Gasteiger partial charge in [0.2, 0.25) is 0 Å². The van der Waals surface area contributed by atoms with Crippen LogP contribution in [0.15, 0.2) is 18.2 Å². The molecule has 0 saturated carbocycles. The number of amides is 2. The molecule has 2 N–H and O–H groups in total. The van der Waals surface area contributed by atoms with E-state index in [1.165, 1.54) is 0 Å². The van der Waals surface area contributed by atoms with Crippen molar-refractivity contribution < 1.29 is 19.1 Å². The van der Waals surface area contributed by atoms with E-state index in [-0.39, 0.29) is 24.5 Å². The lowest BCUT2D eigenvalue weighted by Gasteiger charge is -2.34. The molecular weight excluding hydrogens is 322 g/mol. The predicted molar refractivity (Wildman–Crippen MR) is 93.9 cm³/mol. The topological polar surface area (TPSA) is 79.9 Å². The van der Waals surface area contributed by atoms with E-state index in [0.717, 1.165) is 19.6 Å². The predicted octanol–water partition coefficient (Wildman–Crippen LogP) is 1.10. The molecule has 0 aromatic heterocycles. The van der Waals surface area contributed by atoms with Gasteiger partial charge in [-0.1, -0.05) is 13.8 Å². The van der Waals surface area contributed by atoms with Crippen LogP contribution < -0.4 is 15.4 Å². The summed E-state index contributed by atoms with van der Waals surface area (Å²) in [5, 5.41) is 5.63. The Morgan fingerprint density at radius 3 is 3.08 bits per heavy atom. The zero-order valence-corrected chi connectivity index (χ0v) is 14.7. The molecule has 7 nitrogen and oxygen atoms in total. The van der Waals surface area contributed by atoms with Crippen LogP contribution >= 0.6 is 0 Å². The molecule has 0 bridgehead atoms. The molecule has 2 aliphatic heterocycles. The van der Waals surface area contributed by atoms with Crippen molar-refractivity contribution in [2.45, 2.75) is 20.0 Å². The number of carbonyl (C=O) groups is 2. The summed E-state index contributed by atoms with van der Waals surface area (Å²) in [6.07, 6.45) is 0.00427. The Morgan fingerprint density at radius 2 is 2.28 bits per heavy atom. The fourth-order valence-corrected chi connectivity index (χ4v) is 3.11. The Bertz CT molecular complexity index is 647. The van der Waals surface area contributed by atoms with Crippen LogP contribution in [0.25, 0.3) is 0 Å². The highest BCUT2D eigenvalue weighted by molar-refractivity contribution is 5.98. The minimum Gasteiger partial charge on any atom is -0.482 e. The third-order valence-electron chi connectivity index (χ3n) is 4.21. The van der Waals surface area contributed by atoms with Crippen LogP contribution in [0.3, 0.4) is 0 Å². The van der Waals surface area contributed by atoms with Crippen molar-refractivity contribution in [3.63, 3.8) is 0 Å². The van der Waals surface area contributed by atoms with E-state index >= 15 is 0 Å². The van der Waals surface area contributed by atoms with Gasteiger partial charge in [-0.3, -0.25) is 14.5 Å². The van der Waals surface area contributed by atoms with Crippen molar-refractivity contribution in [2.75, 3.05) is 44.7 Å². The number of hydrogen-bond donors (Lipinski definition) is 2. The highest BCUT2D eigenvalue weighted by Crippen LogP contribution is 2.28. The smallest absolute Gasteiger partial charge is 0.262 e. The molecule has 1 aromatic rings. The number of nitrogens with zero attached hydrogens (tertiary/aromatic N) is 1. The Balaban J connectivity index is 1.53. The van der Waals surface area contributed by atoms with Gasteiger partial charge in [0.15, 0.2) is 6.61 Å². The van der Waals surface area contributed by atoms with Crippen LogP contribution in [-0.4, -0.2) is 62.2 Å². The summed E-state index contributed by atoms with van der Waals surface area (Å²) < 4.78 is 11.1. The molecule has 1 atom stereocenters. The van der Waals surface area contributed by atoms with E-state index in [2.05, 4.69) is 29.4 Å². The Morgan fingerprint density at radius 1 is 1.44 bits per heavy atom. The van der Waals surface area contributed by atoms with Crippen LogP contribution in [0.5, 0.6) is 5.75 Å². The maximum absolute atomic E-state index is 12.4. The number of morpholine rings is 1. The van der Waals surface area contributed by atoms with Gasteiger partial charge in [-0.2, -0.15) is 0 Å². The monoisotopic (exact) mass is 347 g/mol. The van der Waals surface area contributed by atoms with Crippen molar-refractivity contribution in [3.8, 4) is 5.75 Å². The summed E-state index contributed by atoms with van der Waals surface area (Å²) in [6, 6.07) is 5.01. The molecule has 7 heteroatoms. The first-order chi connectivity index (χ1) is 12.0. The average Bonchev–Trinajstić information content (AvgIpc) is 2.59. The number of carbonyl (C=O) groups excluding carboxylic acids is 2. The molecule has 0 radical (unpaired) electrons. The van der Waals surface area contributed by atoms with Crippen molar-refractivity contribution >= 4 is 17.5 Å². The quantitative estimate of drug-likeness (QED) is 0.834. The molecule has 1 saturated heterocycles. The van der Waals surface area contributed by atoms with Gasteiger partial charge in [0.05, 0.1) is 18.4 Å². The SMILES string of the molecule is CC(C)CN1CCO[C@H](CNC(=O)c2ccc3c(c2)OCC(=O)N3)C1. The van der Waals surface area contributed by atoms with E-state index in [1.807, 2.05) is 0 Å². The molecule has 1 fully saturated rings. The number of hydrogen-bond acceptors (Lipinski definition) is 5. The second-order valence-corrected chi connectivity index (χ2v) is 6.90. The lowest BCUT2D eigenvalue weighted by Crippen LogP contribution is -2.48. The molecule has 2 heterocycles. The lowest BCUT2D eigenvalue weighted by atomic mass is 10.1. The summed E-state index contributed by atoms with van der Waals surface area (Å²) >= 11 is 0. The van der Waals surface area contributed by atoms with Gasteiger partial charge in [-0.15, -0.1) is 0 Å². The summed E-state index contributed by atoms with van der Waals surface area (Å²) in [6.45, 7) is 8.36. The molecule has 1 aromatic carbocycles. The maximum atomic E-state index is 12.4. The van der Waals surface area contributed by atoms with Gasteiger partial charge in [0, 0.05) is 31.7 Å². The summed E-state index contributed by atoms with van der Waals surface area (Å²) in [4.78, 5) is 26.0. The van der Waals surface area contributed by atoms with Gasteiger partial charge in [0.1, 0.15) is 5.75 Å². The summed E-state index contributed by atoms with van der Waals surface area (Å²) in [7, 11) is 0. The average molecular weight is 347 g/mol. The molecule has 25 heavy (non-hydrogen) atoms. The molecule has 136 valence electrons. The molecule has 0 aliphatic carbocycles. The number of benzene rings is 1. The number of ether oxygens (including phenoxy) is 2. The fourth-order valence-electron chi connectivity index (χ4n) is 3.11. The maximum Gasteiger partial charge on any atom is 0.262 e. The molecule has 3 rings (SSSR count). The number of fused-ring (bicyclic) bond motifs is 1. The van der Waals surface area contributed by atoms with Gasteiger partial charge in [-0.25, -0.2) is 0 Å². The Labute approximate surface area is 147 Å². The van der Waals surface area contributed by atoms with Crippen LogP contribution in [0.4, 0.5) is 5.69 Å². The van der Waals surface area contributed by atoms with Gasteiger partial charge in [0.25, 0.3) is 11.8 Å². The molecule has 2 aliphatic rings. The third-order valence-corrected chi connectivity index (χ3v) is 4.21.